The first kappa shape index (κ1) is 43.8. The van der Waals surface area contributed by atoms with Crippen molar-refractivity contribution in [2.24, 2.45) is 0 Å². The van der Waals surface area contributed by atoms with Gasteiger partial charge in [-0.15, -0.1) is 0 Å². The Morgan fingerprint density at radius 1 is 0.797 bits per heavy atom. The number of hydrogen-bond donors (Lipinski definition) is 1. The van der Waals surface area contributed by atoms with Gasteiger partial charge in [-0.05, 0) is 88.1 Å². The lowest BCUT2D eigenvalue weighted by atomic mass is 9.81. The summed E-state index contributed by atoms with van der Waals surface area (Å²) in [6.45, 7) is 10.1. The molecule has 1 fully saturated rings. The lowest BCUT2D eigenvalue weighted by Crippen LogP contribution is -2.56. The number of carbonyl (C=O) groups is 4. The summed E-state index contributed by atoms with van der Waals surface area (Å²) in [5.74, 6) is 2.15. The van der Waals surface area contributed by atoms with Crippen molar-refractivity contribution in [3.8, 4) is 11.8 Å². The number of ether oxygens (including phenoxy) is 3. The van der Waals surface area contributed by atoms with Crippen LogP contribution < -0.4 is 5.32 Å². The van der Waals surface area contributed by atoms with Gasteiger partial charge in [0.25, 0.3) is 0 Å². The number of halogens is 3. The SMILES string of the molecule is CC(C)(C)OC(=O)N[C@H](C(=O)Cc1cncc(F)c1C#CC1CN(C(=O)OC(C)(C)C)CCN1C(=O)OCc1ccccc1)C(c1ccc(F)cc1)c1ccc(F)cc1. The van der Waals surface area contributed by atoms with Crippen LogP contribution in [0.4, 0.5) is 27.6 Å². The first-order chi connectivity index (χ1) is 27.9. The van der Waals surface area contributed by atoms with Crippen molar-refractivity contribution in [1.29, 1.82) is 0 Å². The summed E-state index contributed by atoms with van der Waals surface area (Å²) in [5, 5.41) is 2.66. The zero-order chi connectivity index (χ0) is 42.9. The molecule has 1 unspecified atom stereocenters. The van der Waals surface area contributed by atoms with Gasteiger partial charge in [0.05, 0.1) is 18.3 Å². The van der Waals surface area contributed by atoms with E-state index in [2.05, 4.69) is 22.1 Å². The molecule has 2 atom stereocenters. The highest BCUT2D eigenvalue weighted by molar-refractivity contribution is 5.91. The van der Waals surface area contributed by atoms with E-state index in [1.165, 1.54) is 64.5 Å². The van der Waals surface area contributed by atoms with Crippen molar-refractivity contribution in [3.63, 3.8) is 0 Å². The van der Waals surface area contributed by atoms with Gasteiger partial charge in [0, 0.05) is 31.6 Å². The number of benzene rings is 3. The van der Waals surface area contributed by atoms with Crippen LogP contribution in [0.25, 0.3) is 0 Å². The normalized spacial score (nSPS) is 14.8. The van der Waals surface area contributed by atoms with Gasteiger partial charge in [0.2, 0.25) is 0 Å². The Hall–Kier alpha value is -6.36. The van der Waals surface area contributed by atoms with Gasteiger partial charge >= 0.3 is 18.3 Å². The summed E-state index contributed by atoms with van der Waals surface area (Å²) in [4.78, 5) is 61.1. The van der Waals surface area contributed by atoms with E-state index in [1.54, 1.807) is 53.7 Å². The molecule has 14 heteroatoms. The van der Waals surface area contributed by atoms with Crippen LogP contribution in [0.5, 0.6) is 0 Å². The Morgan fingerprint density at radius 2 is 1.39 bits per heavy atom. The van der Waals surface area contributed by atoms with E-state index < -0.39 is 77.1 Å². The number of pyridine rings is 1. The van der Waals surface area contributed by atoms with E-state index in [9.17, 15) is 28.0 Å². The molecule has 1 aliphatic rings. The summed E-state index contributed by atoms with van der Waals surface area (Å²) in [7, 11) is 0. The predicted octanol–water partition coefficient (Wildman–Crippen LogP) is 7.95. The lowest BCUT2D eigenvalue weighted by molar-refractivity contribution is -0.120. The molecule has 0 radical (unpaired) electrons. The molecule has 1 aromatic heterocycles. The maximum atomic E-state index is 15.7. The van der Waals surface area contributed by atoms with Crippen molar-refractivity contribution in [2.75, 3.05) is 19.6 Å². The molecule has 0 aliphatic carbocycles. The van der Waals surface area contributed by atoms with E-state index in [-0.39, 0.29) is 37.4 Å². The fourth-order valence-electron chi connectivity index (χ4n) is 6.32. The van der Waals surface area contributed by atoms with Crippen molar-refractivity contribution >= 4 is 24.1 Å². The Balaban J connectivity index is 1.50. The fraction of sp³-hybridized carbons (Fsp3) is 0.356. The minimum absolute atomic E-state index is 0.0212. The predicted molar refractivity (Wildman–Crippen MR) is 213 cm³/mol. The number of nitrogens with zero attached hydrogens (tertiary/aromatic N) is 3. The highest BCUT2D eigenvalue weighted by atomic mass is 19.1. The van der Waals surface area contributed by atoms with Gasteiger partial charge in [-0.1, -0.05) is 66.4 Å². The van der Waals surface area contributed by atoms with E-state index >= 15 is 4.39 Å². The molecule has 2 heterocycles. The van der Waals surface area contributed by atoms with E-state index in [4.69, 9.17) is 14.2 Å². The zero-order valence-corrected chi connectivity index (χ0v) is 33.8. The average molecular weight is 813 g/mol. The smallest absolute Gasteiger partial charge is 0.411 e. The number of carbonyl (C=O) groups excluding carboxylic acids is 4. The molecule has 4 aromatic rings. The molecule has 1 N–H and O–H groups in total. The number of piperazine rings is 1. The van der Waals surface area contributed by atoms with Crippen LogP contribution in [0.15, 0.2) is 91.3 Å². The molecular weight excluding hydrogens is 766 g/mol. The number of Topliss-reactive ketones (excluding diaryl/α,β-unsaturated/α-hetero) is 1. The van der Waals surface area contributed by atoms with Gasteiger partial charge in [-0.2, -0.15) is 0 Å². The van der Waals surface area contributed by atoms with E-state index in [0.29, 0.717) is 11.1 Å². The van der Waals surface area contributed by atoms with Crippen LogP contribution in [0, 0.1) is 29.3 Å². The molecule has 5 rings (SSSR count). The summed E-state index contributed by atoms with van der Waals surface area (Å²) in [6, 6.07) is 17.2. The second-order valence-electron chi connectivity index (χ2n) is 15.9. The first-order valence-electron chi connectivity index (χ1n) is 19.0. The Bertz CT molecular complexity index is 2130. The summed E-state index contributed by atoms with van der Waals surface area (Å²) < 4.78 is 60.7. The summed E-state index contributed by atoms with van der Waals surface area (Å²) >= 11 is 0. The molecule has 0 spiro atoms. The first-order valence-corrected chi connectivity index (χ1v) is 19.0. The van der Waals surface area contributed by atoms with Crippen LogP contribution in [-0.4, -0.2) is 81.8 Å². The number of nitrogens with one attached hydrogen (secondary N) is 1. The van der Waals surface area contributed by atoms with E-state index in [0.717, 1.165) is 11.8 Å². The third-order valence-electron chi connectivity index (χ3n) is 8.99. The van der Waals surface area contributed by atoms with Crippen molar-refractivity contribution in [2.45, 2.75) is 83.8 Å². The van der Waals surface area contributed by atoms with Crippen molar-refractivity contribution in [1.82, 2.24) is 20.1 Å². The van der Waals surface area contributed by atoms with Gasteiger partial charge < -0.3 is 24.4 Å². The third kappa shape index (κ3) is 12.6. The molecule has 1 saturated heterocycles. The number of hydrogen-bond acceptors (Lipinski definition) is 8. The van der Waals surface area contributed by atoms with Crippen LogP contribution in [0.3, 0.4) is 0 Å². The molecule has 0 bridgehead atoms. The quantitative estimate of drug-likeness (QED) is 0.133. The monoisotopic (exact) mass is 812 g/mol. The van der Waals surface area contributed by atoms with E-state index in [1.807, 2.05) is 18.2 Å². The van der Waals surface area contributed by atoms with Crippen LogP contribution in [-0.2, 0) is 32.0 Å². The van der Waals surface area contributed by atoms with Crippen molar-refractivity contribution in [3.05, 3.63) is 137 Å². The Morgan fingerprint density at radius 3 is 1.97 bits per heavy atom. The number of ketones is 1. The molecular formula is C45H47F3N4O7. The van der Waals surface area contributed by atoms with Gasteiger partial charge in [0.1, 0.15) is 41.5 Å². The summed E-state index contributed by atoms with van der Waals surface area (Å²) in [5.41, 5.74) is -0.330. The Labute approximate surface area is 341 Å². The number of amides is 3. The molecule has 3 amide bonds. The molecule has 1 aliphatic heterocycles. The third-order valence-corrected chi connectivity index (χ3v) is 8.99. The maximum Gasteiger partial charge on any atom is 0.411 e. The standard InChI is InChI=1S/C45H47F3N4O7/c1-44(2,3)58-41(54)50-40(39(30-12-16-33(46)17-13-30)31-14-18-34(47)19-15-31)38(53)24-32-25-49-26-37(48)36(32)21-20-35-27-51(42(55)59-45(4,5)6)22-23-52(35)43(56)57-28-29-10-8-7-9-11-29/h7-19,25-26,35,39-40H,22-24,27-28H2,1-6H3,(H,50,54)/t35?,40-/m1/s1. The minimum atomic E-state index is -1.40. The molecule has 0 saturated carbocycles. The fourth-order valence-corrected chi connectivity index (χ4v) is 6.32. The summed E-state index contributed by atoms with van der Waals surface area (Å²) in [6.07, 6.45) is -0.581. The minimum Gasteiger partial charge on any atom is -0.445 e. The van der Waals surface area contributed by atoms with Gasteiger partial charge in [0.15, 0.2) is 11.6 Å². The van der Waals surface area contributed by atoms with Gasteiger partial charge in [-0.3, -0.25) is 14.7 Å². The average Bonchev–Trinajstić information content (AvgIpc) is 3.16. The molecule has 3 aromatic carbocycles. The molecule has 310 valence electrons. The van der Waals surface area contributed by atoms with Crippen molar-refractivity contribution < 1.29 is 46.6 Å². The van der Waals surface area contributed by atoms with Crippen LogP contribution in [0.2, 0.25) is 0 Å². The second-order valence-corrected chi connectivity index (χ2v) is 15.9. The molecule has 59 heavy (non-hydrogen) atoms. The van der Waals surface area contributed by atoms with Gasteiger partial charge in [-0.25, -0.2) is 27.6 Å². The highest BCUT2D eigenvalue weighted by Crippen LogP contribution is 2.31. The topological polar surface area (TPSA) is 127 Å². The van der Waals surface area contributed by atoms with Crippen LogP contribution >= 0.6 is 0 Å². The number of rotatable bonds is 9. The largest absolute Gasteiger partial charge is 0.445 e. The molecule has 11 nitrogen and oxygen atoms in total. The number of alkyl carbamates (subject to hydrolysis) is 1. The van der Waals surface area contributed by atoms with Crippen LogP contribution in [0.1, 0.15) is 75.3 Å². The number of aromatic nitrogens is 1. The lowest BCUT2D eigenvalue weighted by Gasteiger charge is -2.38. The second kappa shape index (κ2) is 18.9. The highest BCUT2D eigenvalue weighted by Gasteiger charge is 2.36. The Kier molecular flexibility index (Phi) is 14.0. The zero-order valence-electron chi connectivity index (χ0n) is 33.8. The maximum absolute atomic E-state index is 15.7.